The van der Waals surface area contributed by atoms with Crippen LogP contribution in [0.3, 0.4) is 0 Å². The first kappa shape index (κ1) is 13.7. The van der Waals surface area contributed by atoms with Crippen LogP contribution < -0.4 is 5.56 Å². The summed E-state index contributed by atoms with van der Waals surface area (Å²) in [5.74, 6) is -0.164. The Morgan fingerprint density at radius 1 is 1.35 bits per heavy atom. The molecule has 1 N–H and O–H groups in total. The second kappa shape index (κ2) is 5.05. The van der Waals surface area contributed by atoms with Crippen molar-refractivity contribution in [2.75, 3.05) is 0 Å². The predicted octanol–water partition coefficient (Wildman–Crippen LogP) is 1.14. The number of nitrogens with one attached hydrogen (secondary N) is 1. The standard InChI is InChI=1S/C16H15N5O2/c1-2-11-6-13-18-14-12(15(22)21(13)19-11)9-20(16(14)23)8-10-4-3-5-17-7-10/h3-7,18H,2,8-9H2,1H3. The topological polar surface area (TPSA) is 83.4 Å². The van der Waals surface area contributed by atoms with Crippen LogP contribution in [-0.2, 0) is 19.5 Å². The lowest BCUT2D eigenvalue weighted by Crippen LogP contribution is -2.23. The van der Waals surface area contributed by atoms with Gasteiger partial charge in [-0.3, -0.25) is 14.6 Å². The van der Waals surface area contributed by atoms with Crippen molar-refractivity contribution in [1.82, 2.24) is 24.5 Å². The Bertz CT molecular complexity index is 958. The van der Waals surface area contributed by atoms with Crippen LogP contribution in [0.4, 0.5) is 0 Å². The maximum atomic E-state index is 12.6. The largest absolute Gasteiger partial charge is 0.335 e. The number of carbonyl (C=O) groups excluding carboxylic acids is 1. The van der Waals surface area contributed by atoms with Crippen molar-refractivity contribution in [3.63, 3.8) is 0 Å². The van der Waals surface area contributed by atoms with Gasteiger partial charge in [-0.05, 0) is 18.1 Å². The van der Waals surface area contributed by atoms with Gasteiger partial charge in [-0.1, -0.05) is 13.0 Å². The third kappa shape index (κ3) is 2.12. The summed E-state index contributed by atoms with van der Waals surface area (Å²) in [6.45, 7) is 2.69. The van der Waals surface area contributed by atoms with Crippen molar-refractivity contribution in [3.8, 4) is 0 Å². The van der Waals surface area contributed by atoms with Crippen molar-refractivity contribution in [3.05, 3.63) is 63.5 Å². The van der Waals surface area contributed by atoms with Crippen molar-refractivity contribution >= 4 is 11.6 Å². The van der Waals surface area contributed by atoms with Gasteiger partial charge in [0.05, 0.1) is 17.8 Å². The molecule has 0 radical (unpaired) electrons. The van der Waals surface area contributed by atoms with Crippen molar-refractivity contribution in [1.29, 1.82) is 0 Å². The molecule has 1 aliphatic heterocycles. The highest BCUT2D eigenvalue weighted by Gasteiger charge is 2.31. The number of amides is 1. The molecule has 0 fully saturated rings. The summed E-state index contributed by atoms with van der Waals surface area (Å²) >= 11 is 0. The zero-order chi connectivity index (χ0) is 16.0. The number of nitrogens with zero attached hydrogens (tertiary/aromatic N) is 4. The number of aromatic amines is 1. The number of rotatable bonds is 3. The number of hydrogen-bond acceptors (Lipinski definition) is 4. The molecule has 0 bridgehead atoms. The van der Waals surface area contributed by atoms with E-state index in [0.29, 0.717) is 23.4 Å². The fourth-order valence-corrected chi connectivity index (χ4v) is 2.87. The zero-order valence-corrected chi connectivity index (χ0v) is 12.6. The van der Waals surface area contributed by atoms with Crippen molar-refractivity contribution in [2.45, 2.75) is 26.4 Å². The Balaban J connectivity index is 1.74. The van der Waals surface area contributed by atoms with E-state index in [1.165, 1.54) is 4.52 Å². The summed E-state index contributed by atoms with van der Waals surface area (Å²) in [6, 6.07) is 5.54. The molecular weight excluding hydrogens is 294 g/mol. The molecule has 4 rings (SSSR count). The molecule has 7 heteroatoms. The molecule has 3 aromatic heterocycles. The summed E-state index contributed by atoms with van der Waals surface area (Å²) < 4.78 is 1.35. The van der Waals surface area contributed by atoms with Gasteiger partial charge in [0.2, 0.25) is 0 Å². The Morgan fingerprint density at radius 3 is 2.96 bits per heavy atom. The number of aromatic nitrogens is 4. The number of pyridine rings is 1. The Morgan fingerprint density at radius 2 is 2.22 bits per heavy atom. The second-order valence-electron chi connectivity index (χ2n) is 5.59. The van der Waals surface area contributed by atoms with Crippen LogP contribution in [-0.4, -0.2) is 30.4 Å². The van der Waals surface area contributed by atoms with Crippen LogP contribution in [0, 0.1) is 0 Å². The number of hydrogen-bond donors (Lipinski definition) is 1. The van der Waals surface area contributed by atoms with Crippen LogP contribution in [0.25, 0.3) is 5.65 Å². The van der Waals surface area contributed by atoms with Crippen molar-refractivity contribution < 1.29 is 4.79 Å². The SMILES string of the molecule is CCc1cc2[nH]c3c(c(=O)n2n1)CN(Cc1cccnc1)C3=O. The lowest BCUT2D eigenvalue weighted by molar-refractivity contribution is 0.0762. The highest BCUT2D eigenvalue weighted by molar-refractivity contribution is 5.96. The number of fused-ring (bicyclic) bond motifs is 2. The fraction of sp³-hybridized carbons (Fsp3) is 0.250. The van der Waals surface area contributed by atoms with Crippen LogP contribution in [0.1, 0.15) is 34.2 Å². The molecule has 0 saturated carbocycles. The molecule has 0 aliphatic carbocycles. The van der Waals surface area contributed by atoms with Gasteiger partial charge in [0, 0.05) is 25.0 Å². The molecule has 116 valence electrons. The van der Waals surface area contributed by atoms with Gasteiger partial charge in [-0.15, -0.1) is 0 Å². The van der Waals surface area contributed by atoms with Crippen molar-refractivity contribution in [2.24, 2.45) is 0 Å². The van der Waals surface area contributed by atoms with E-state index in [4.69, 9.17) is 0 Å². The lowest BCUT2D eigenvalue weighted by atomic mass is 10.2. The molecule has 23 heavy (non-hydrogen) atoms. The van der Waals surface area contributed by atoms with E-state index >= 15 is 0 Å². The Hall–Kier alpha value is -2.96. The summed E-state index contributed by atoms with van der Waals surface area (Å²) in [5, 5.41) is 4.28. The molecular formula is C16H15N5O2. The highest BCUT2D eigenvalue weighted by Crippen LogP contribution is 2.21. The number of carbonyl (C=O) groups is 1. The fourth-order valence-electron chi connectivity index (χ4n) is 2.87. The molecule has 0 aromatic carbocycles. The molecule has 0 unspecified atom stereocenters. The maximum Gasteiger partial charge on any atom is 0.280 e. The average molecular weight is 309 g/mol. The molecule has 0 spiro atoms. The molecule has 0 saturated heterocycles. The smallest absolute Gasteiger partial charge is 0.280 e. The summed E-state index contributed by atoms with van der Waals surface area (Å²) in [4.78, 5) is 33.9. The van der Waals surface area contributed by atoms with Gasteiger partial charge in [0.1, 0.15) is 11.3 Å². The highest BCUT2D eigenvalue weighted by atomic mass is 16.2. The maximum absolute atomic E-state index is 12.6. The van der Waals surface area contributed by atoms with E-state index in [0.717, 1.165) is 17.7 Å². The van der Waals surface area contributed by atoms with Gasteiger partial charge in [-0.25, -0.2) is 0 Å². The minimum Gasteiger partial charge on any atom is -0.335 e. The van der Waals surface area contributed by atoms with E-state index < -0.39 is 0 Å². The van der Waals surface area contributed by atoms with E-state index in [1.807, 2.05) is 19.1 Å². The Labute approximate surface area is 131 Å². The minimum atomic E-state index is -0.226. The number of aryl methyl sites for hydroxylation is 1. The van der Waals surface area contributed by atoms with Gasteiger partial charge in [0.15, 0.2) is 0 Å². The van der Waals surface area contributed by atoms with Crippen LogP contribution >= 0.6 is 0 Å². The molecule has 0 atom stereocenters. The van der Waals surface area contributed by atoms with E-state index in [-0.39, 0.29) is 18.0 Å². The van der Waals surface area contributed by atoms with Gasteiger partial charge in [0.25, 0.3) is 11.5 Å². The first-order valence-electron chi connectivity index (χ1n) is 7.49. The molecule has 7 nitrogen and oxygen atoms in total. The normalized spacial score (nSPS) is 13.8. The summed E-state index contributed by atoms with van der Waals surface area (Å²) in [5.41, 5.74) is 2.92. The molecule has 4 heterocycles. The third-order valence-electron chi connectivity index (χ3n) is 4.07. The van der Waals surface area contributed by atoms with Crippen LogP contribution in [0.5, 0.6) is 0 Å². The first-order valence-corrected chi connectivity index (χ1v) is 7.49. The molecule has 3 aromatic rings. The average Bonchev–Trinajstić information content (AvgIpc) is 3.12. The van der Waals surface area contributed by atoms with E-state index in [9.17, 15) is 9.59 Å². The predicted molar refractivity (Wildman–Crippen MR) is 83.0 cm³/mol. The lowest BCUT2D eigenvalue weighted by Gasteiger charge is -2.14. The van der Waals surface area contributed by atoms with Gasteiger partial charge >= 0.3 is 0 Å². The minimum absolute atomic E-state index is 0.164. The monoisotopic (exact) mass is 309 g/mol. The van der Waals surface area contributed by atoms with Crippen LogP contribution in [0.15, 0.2) is 35.4 Å². The van der Waals surface area contributed by atoms with Crippen LogP contribution in [0.2, 0.25) is 0 Å². The second-order valence-corrected chi connectivity index (χ2v) is 5.59. The number of H-pyrrole nitrogens is 1. The first-order chi connectivity index (χ1) is 11.2. The summed E-state index contributed by atoms with van der Waals surface area (Å²) in [7, 11) is 0. The zero-order valence-electron chi connectivity index (χ0n) is 12.6. The summed E-state index contributed by atoms with van der Waals surface area (Å²) in [6.07, 6.45) is 4.15. The van der Waals surface area contributed by atoms with Gasteiger partial charge in [-0.2, -0.15) is 9.61 Å². The van der Waals surface area contributed by atoms with E-state index in [1.54, 1.807) is 23.4 Å². The van der Waals surface area contributed by atoms with Gasteiger partial charge < -0.3 is 9.88 Å². The quantitative estimate of drug-likeness (QED) is 0.786. The third-order valence-corrected chi connectivity index (χ3v) is 4.07. The molecule has 1 aliphatic rings. The molecule has 1 amide bonds. The van der Waals surface area contributed by atoms with E-state index in [2.05, 4.69) is 15.1 Å². The Kier molecular flexibility index (Phi) is 3.00.